The van der Waals surface area contributed by atoms with Crippen LogP contribution in [0.5, 0.6) is 5.75 Å². The van der Waals surface area contributed by atoms with E-state index in [1.807, 2.05) is 10.9 Å². The molecule has 1 aromatic heterocycles. The summed E-state index contributed by atoms with van der Waals surface area (Å²) in [6, 6.07) is 0. The first kappa shape index (κ1) is 10.6. The fourth-order valence-electron chi connectivity index (χ4n) is 1.02. The summed E-state index contributed by atoms with van der Waals surface area (Å²) in [6.45, 7) is 3.85. The zero-order valence-electron chi connectivity index (χ0n) is 7.87. The second-order valence-corrected chi connectivity index (χ2v) is 3.62. The minimum Gasteiger partial charge on any atom is -0.490 e. The molecule has 0 fully saturated rings. The highest BCUT2D eigenvalue weighted by atomic mass is 79.9. The van der Waals surface area contributed by atoms with Crippen LogP contribution in [0.15, 0.2) is 12.4 Å². The second-order valence-electron chi connectivity index (χ2n) is 2.83. The second kappa shape index (κ2) is 6.02. The van der Waals surface area contributed by atoms with Crippen LogP contribution in [-0.2, 0) is 6.54 Å². The lowest BCUT2D eigenvalue weighted by molar-refractivity contribution is 0.318. The molecule has 0 N–H and O–H groups in total. The number of aromatic nitrogens is 2. The quantitative estimate of drug-likeness (QED) is 0.570. The Hall–Kier alpha value is -0.510. The van der Waals surface area contributed by atoms with E-state index in [9.17, 15) is 0 Å². The van der Waals surface area contributed by atoms with Gasteiger partial charge in [-0.3, -0.25) is 4.68 Å². The molecule has 3 nitrogen and oxygen atoms in total. The van der Waals surface area contributed by atoms with Crippen molar-refractivity contribution in [2.45, 2.75) is 26.3 Å². The van der Waals surface area contributed by atoms with Crippen molar-refractivity contribution in [2.75, 3.05) is 11.9 Å². The van der Waals surface area contributed by atoms with E-state index in [1.54, 1.807) is 6.20 Å². The van der Waals surface area contributed by atoms with Crippen LogP contribution >= 0.6 is 15.9 Å². The third-order valence-corrected chi connectivity index (χ3v) is 2.17. The van der Waals surface area contributed by atoms with Gasteiger partial charge in [0.1, 0.15) is 0 Å². The molecule has 0 aliphatic rings. The molecule has 4 heteroatoms. The van der Waals surface area contributed by atoms with Gasteiger partial charge in [-0.1, -0.05) is 22.9 Å². The summed E-state index contributed by atoms with van der Waals surface area (Å²) in [5.74, 6) is 0.870. The summed E-state index contributed by atoms with van der Waals surface area (Å²) >= 11 is 3.35. The predicted molar refractivity (Wildman–Crippen MR) is 56.4 cm³/mol. The Balaban J connectivity index is 2.31. The monoisotopic (exact) mass is 246 g/mol. The molecule has 1 heterocycles. The maximum Gasteiger partial charge on any atom is 0.157 e. The van der Waals surface area contributed by atoms with Gasteiger partial charge in [0, 0.05) is 11.9 Å². The normalized spacial score (nSPS) is 10.3. The van der Waals surface area contributed by atoms with Crippen molar-refractivity contribution in [3.8, 4) is 5.75 Å². The molecule has 0 radical (unpaired) electrons. The van der Waals surface area contributed by atoms with Gasteiger partial charge in [-0.2, -0.15) is 5.10 Å². The number of ether oxygens (including phenoxy) is 1. The van der Waals surface area contributed by atoms with Gasteiger partial charge in [0.05, 0.1) is 19.0 Å². The average molecular weight is 247 g/mol. The highest BCUT2D eigenvalue weighted by molar-refractivity contribution is 9.09. The highest BCUT2D eigenvalue weighted by Crippen LogP contribution is 2.08. The maximum absolute atomic E-state index is 5.46. The van der Waals surface area contributed by atoms with Crippen molar-refractivity contribution in [1.29, 1.82) is 0 Å². The number of rotatable bonds is 6. The van der Waals surface area contributed by atoms with Crippen molar-refractivity contribution in [3.63, 3.8) is 0 Å². The highest BCUT2D eigenvalue weighted by Gasteiger charge is 1.97. The summed E-state index contributed by atoms with van der Waals surface area (Å²) in [5.41, 5.74) is 0. The minimum absolute atomic E-state index is 0.753. The lowest BCUT2D eigenvalue weighted by atomic mass is 10.5. The molecule has 0 amide bonds. The van der Waals surface area contributed by atoms with Gasteiger partial charge in [-0.15, -0.1) is 0 Å². The summed E-state index contributed by atoms with van der Waals surface area (Å²) in [4.78, 5) is 0. The van der Waals surface area contributed by atoms with Crippen LogP contribution in [0.1, 0.15) is 19.8 Å². The Bertz CT molecular complexity index is 237. The largest absolute Gasteiger partial charge is 0.490 e. The van der Waals surface area contributed by atoms with E-state index in [-0.39, 0.29) is 0 Å². The lowest BCUT2D eigenvalue weighted by Crippen LogP contribution is -1.97. The zero-order valence-corrected chi connectivity index (χ0v) is 9.46. The third-order valence-electron chi connectivity index (χ3n) is 1.61. The topological polar surface area (TPSA) is 27.1 Å². The number of hydrogen-bond acceptors (Lipinski definition) is 2. The van der Waals surface area contributed by atoms with Crippen molar-refractivity contribution in [1.82, 2.24) is 9.78 Å². The van der Waals surface area contributed by atoms with Crippen molar-refractivity contribution in [3.05, 3.63) is 12.4 Å². The molecule has 0 saturated carbocycles. The molecule has 0 unspecified atom stereocenters. The van der Waals surface area contributed by atoms with Gasteiger partial charge >= 0.3 is 0 Å². The molecule has 0 bridgehead atoms. The van der Waals surface area contributed by atoms with E-state index in [0.717, 1.165) is 37.1 Å². The van der Waals surface area contributed by atoms with Crippen LogP contribution < -0.4 is 4.74 Å². The van der Waals surface area contributed by atoms with Gasteiger partial charge in [-0.25, -0.2) is 0 Å². The molecule has 13 heavy (non-hydrogen) atoms. The molecule has 0 atom stereocenters. The van der Waals surface area contributed by atoms with Gasteiger partial charge in [-0.05, 0) is 12.8 Å². The van der Waals surface area contributed by atoms with E-state index in [1.165, 1.54) is 0 Å². The predicted octanol–water partition coefficient (Wildman–Crippen LogP) is 2.46. The molecule has 0 aromatic carbocycles. The van der Waals surface area contributed by atoms with Crippen LogP contribution in [0.4, 0.5) is 0 Å². The molecule has 1 rings (SSSR count). The first-order valence-electron chi connectivity index (χ1n) is 4.58. The van der Waals surface area contributed by atoms with Crippen molar-refractivity contribution < 1.29 is 4.74 Å². The van der Waals surface area contributed by atoms with E-state index >= 15 is 0 Å². The van der Waals surface area contributed by atoms with Gasteiger partial charge in [0.15, 0.2) is 5.75 Å². The number of hydrogen-bond donors (Lipinski definition) is 0. The van der Waals surface area contributed by atoms with Gasteiger partial charge in [0.25, 0.3) is 0 Å². The summed E-state index contributed by atoms with van der Waals surface area (Å²) in [7, 11) is 0. The molecule has 0 aliphatic carbocycles. The molecule has 1 aromatic rings. The van der Waals surface area contributed by atoms with Gasteiger partial charge < -0.3 is 4.74 Å². The Morgan fingerprint density at radius 2 is 2.46 bits per heavy atom. The third kappa shape index (κ3) is 3.81. The molecular formula is C9H15BrN2O. The Kier molecular flexibility index (Phi) is 4.90. The smallest absolute Gasteiger partial charge is 0.157 e. The Morgan fingerprint density at radius 3 is 3.15 bits per heavy atom. The molecule has 0 aliphatic heterocycles. The minimum atomic E-state index is 0.753. The zero-order chi connectivity index (χ0) is 9.52. The lowest BCUT2D eigenvalue weighted by Gasteiger charge is -1.99. The summed E-state index contributed by atoms with van der Waals surface area (Å²) < 4.78 is 7.37. The average Bonchev–Trinajstić information content (AvgIpc) is 2.54. The first-order valence-corrected chi connectivity index (χ1v) is 5.70. The first-order chi connectivity index (χ1) is 6.36. The van der Waals surface area contributed by atoms with Crippen LogP contribution in [0.2, 0.25) is 0 Å². The number of halogens is 1. The van der Waals surface area contributed by atoms with Crippen LogP contribution in [0.25, 0.3) is 0 Å². The SMILES string of the molecule is CCCn1cc(OCCCBr)cn1. The Labute approximate surface area is 87.2 Å². The van der Waals surface area contributed by atoms with Crippen LogP contribution in [0.3, 0.4) is 0 Å². The van der Waals surface area contributed by atoms with E-state index in [2.05, 4.69) is 28.0 Å². The Morgan fingerprint density at radius 1 is 1.62 bits per heavy atom. The number of alkyl halides is 1. The van der Waals surface area contributed by atoms with E-state index < -0.39 is 0 Å². The maximum atomic E-state index is 5.46. The van der Waals surface area contributed by atoms with E-state index in [0.29, 0.717) is 0 Å². The molecular weight excluding hydrogens is 232 g/mol. The fraction of sp³-hybridized carbons (Fsp3) is 0.667. The number of nitrogens with zero attached hydrogens (tertiary/aromatic N) is 2. The standard InChI is InChI=1S/C9H15BrN2O/c1-2-5-12-8-9(7-11-12)13-6-3-4-10/h7-8H,2-6H2,1H3. The number of aryl methyl sites for hydroxylation is 1. The molecule has 0 saturated heterocycles. The van der Waals surface area contributed by atoms with E-state index in [4.69, 9.17) is 4.74 Å². The van der Waals surface area contributed by atoms with Crippen LogP contribution in [0, 0.1) is 0 Å². The van der Waals surface area contributed by atoms with Gasteiger partial charge in [0.2, 0.25) is 0 Å². The molecule has 0 spiro atoms. The van der Waals surface area contributed by atoms with Crippen molar-refractivity contribution in [2.24, 2.45) is 0 Å². The van der Waals surface area contributed by atoms with Crippen molar-refractivity contribution >= 4 is 15.9 Å². The molecule has 74 valence electrons. The summed E-state index contributed by atoms with van der Waals surface area (Å²) in [5, 5.41) is 5.15. The summed E-state index contributed by atoms with van der Waals surface area (Å²) in [6.07, 6.45) is 5.84. The fourth-order valence-corrected chi connectivity index (χ4v) is 1.24. The van der Waals surface area contributed by atoms with Crippen LogP contribution in [-0.4, -0.2) is 21.7 Å².